The van der Waals surface area contributed by atoms with Crippen LogP contribution in [0.1, 0.15) is 62.7 Å². The lowest BCUT2D eigenvalue weighted by atomic mass is 9.95. The van der Waals surface area contributed by atoms with Crippen LogP contribution in [0.2, 0.25) is 0 Å². The molecule has 172 valence electrons. The lowest BCUT2D eigenvalue weighted by molar-refractivity contribution is -0.114. The van der Waals surface area contributed by atoms with Gasteiger partial charge in [-0.1, -0.05) is 33.1 Å². The van der Waals surface area contributed by atoms with Gasteiger partial charge in [0, 0.05) is 23.0 Å². The van der Waals surface area contributed by atoms with Crippen LogP contribution < -0.4 is 20.7 Å². The van der Waals surface area contributed by atoms with Gasteiger partial charge in [-0.2, -0.15) is 0 Å². The Hall–Kier alpha value is -3.02. The Kier molecular flexibility index (Phi) is 8.96. The van der Waals surface area contributed by atoms with E-state index < -0.39 is 0 Å². The van der Waals surface area contributed by atoms with E-state index in [4.69, 9.17) is 4.74 Å². The molecular weight excluding hydrogens is 402 g/mol. The van der Waals surface area contributed by atoms with Crippen LogP contribution in [0.3, 0.4) is 0 Å². The standard InChI is InChI=1S/C26H35N3O3/c1-19(2)16-17-32-24-14-12-23(13-15-24)28-25(30)18-27-21-10-8-20(9-11-21)26(31)29-22-6-4-3-5-7-22/h8-15,19,22,27H,3-7,16-18H2,1-2H3,(H,28,30)(H,29,31). The molecule has 0 radical (unpaired) electrons. The minimum absolute atomic E-state index is 0.0298. The molecule has 2 amide bonds. The van der Waals surface area contributed by atoms with E-state index in [0.717, 1.165) is 36.4 Å². The van der Waals surface area contributed by atoms with E-state index >= 15 is 0 Å². The molecule has 6 heteroatoms. The molecule has 1 aliphatic carbocycles. The van der Waals surface area contributed by atoms with Crippen LogP contribution in [0.5, 0.6) is 5.75 Å². The van der Waals surface area contributed by atoms with Gasteiger partial charge in [-0.25, -0.2) is 0 Å². The molecule has 32 heavy (non-hydrogen) atoms. The van der Waals surface area contributed by atoms with Gasteiger partial charge >= 0.3 is 0 Å². The maximum atomic E-state index is 12.4. The van der Waals surface area contributed by atoms with Gasteiger partial charge in [-0.3, -0.25) is 9.59 Å². The van der Waals surface area contributed by atoms with Crippen molar-refractivity contribution in [2.24, 2.45) is 5.92 Å². The van der Waals surface area contributed by atoms with Gasteiger partial charge in [0.05, 0.1) is 13.2 Å². The highest BCUT2D eigenvalue weighted by Crippen LogP contribution is 2.19. The molecule has 1 fully saturated rings. The molecule has 1 saturated carbocycles. The maximum absolute atomic E-state index is 12.4. The predicted octanol–water partition coefficient (Wildman–Crippen LogP) is 5.22. The number of ether oxygens (including phenoxy) is 1. The van der Waals surface area contributed by atoms with E-state index in [1.54, 1.807) is 12.1 Å². The number of benzene rings is 2. The largest absolute Gasteiger partial charge is 0.494 e. The first kappa shape index (κ1) is 23.6. The first-order valence-corrected chi connectivity index (χ1v) is 11.7. The van der Waals surface area contributed by atoms with Gasteiger partial charge in [-0.15, -0.1) is 0 Å². The number of amides is 2. The van der Waals surface area contributed by atoms with Crippen LogP contribution in [0.25, 0.3) is 0 Å². The third kappa shape index (κ3) is 7.91. The summed E-state index contributed by atoms with van der Waals surface area (Å²) in [5.74, 6) is 1.24. The normalized spacial score (nSPS) is 14.1. The van der Waals surface area contributed by atoms with Crippen molar-refractivity contribution in [3.63, 3.8) is 0 Å². The number of carbonyl (C=O) groups is 2. The SMILES string of the molecule is CC(C)CCOc1ccc(NC(=O)CNc2ccc(C(=O)NC3CCCCC3)cc2)cc1. The summed E-state index contributed by atoms with van der Waals surface area (Å²) in [6.45, 7) is 5.16. The average molecular weight is 438 g/mol. The van der Waals surface area contributed by atoms with Gasteiger partial charge in [0.1, 0.15) is 5.75 Å². The summed E-state index contributed by atoms with van der Waals surface area (Å²) >= 11 is 0. The van der Waals surface area contributed by atoms with E-state index in [-0.39, 0.29) is 18.4 Å². The molecule has 3 rings (SSSR count). The third-order valence-corrected chi connectivity index (χ3v) is 5.64. The summed E-state index contributed by atoms with van der Waals surface area (Å²) < 4.78 is 5.70. The quantitative estimate of drug-likeness (QED) is 0.476. The molecule has 0 saturated heterocycles. The zero-order valence-corrected chi connectivity index (χ0v) is 19.2. The van der Waals surface area contributed by atoms with Crippen molar-refractivity contribution in [3.8, 4) is 5.75 Å². The lowest BCUT2D eigenvalue weighted by Gasteiger charge is -2.22. The minimum Gasteiger partial charge on any atom is -0.494 e. The van der Waals surface area contributed by atoms with Crippen molar-refractivity contribution >= 4 is 23.2 Å². The first-order valence-electron chi connectivity index (χ1n) is 11.7. The smallest absolute Gasteiger partial charge is 0.251 e. The molecule has 2 aromatic rings. The van der Waals surface area contributed by atoms with Crippen LogP contribution in [0.4, 0.5) is 11.4 Å². The molecule has 1 aliphatic rings. The van der Waals surface area contributed by atoms with Crippen LogP contribution in [-0.4, -0.2) is 31.0 Å². The molecule has 0 aliphatic heterocycles. The molecule has 6 nitrogen and oxygen atoms in total. The van der Waals surface area contributed by atoms with E-state index in [0.29, 0.717) is 24.1 Å². The van der Waals surface area contributed by atoms with Gasteiger partial charge < -0.3 is 20.7 Å². The number of rotatable bonds is 10. The van der Waals surface area contributed by atoms with E-state index in [2.05, 4.69) is 29.8 Å². The topological polar surface area (TPSA) is 79.5 Å². The minimum atomic E-state index is -0.141. The molecular formula is C26H35N3O3. The number of anilines is 2. The van der Waals surface area contributed by atoms with Crippen LogP contribution in [-0.2, 0) is 4.79 Å². The second-order valence-electron chi connectivity index (χ2n) is 8.84. The Morgan fingerprint density at radius 1 is 0.938 bits per heavy atom. The van der Waals surface area contributed by atoms with Crippen molar-refractivity contribution in [2.75, 3.05) is 23.8 Å². The van der Waals surface area contributed by atoms with Crippen molar-refractivity contribution in [1.82, 2.24) is 5.32 Å². The second-order valence-corrected chi connectivity index (χ2v) is 8.84. The lowest BCUT2D eigenvalue weighted by Crippen LogP contribution is -2.36. The summed E-state index contributed by atoms with van der Waals surface area (Å²) in [5.41, 5.74) is 2.16. The molecule has 0 unspecified atom stereocenters. The molecule has 0 heterocycles. The van der Waals surface area contributed by atoms with E-state index in [1.807, 2.05) is 36.4 Å². The zero-order valence-electron chi connectivity index (χ0n) is 19.2. The molecule has 2 aromatic carbocycles. The molecule has 0 bridgehead atoms. The summed E-state index contributed by atoms with van der Waals surface area (Å²) in [7, 11) is 0. The van der Waals surface area contributed by atoms with Crippen molar-refractivity contribution < 1.29 is 14.3 Å². The Bertz CT molecular complexity index is 857. The fourth-order valence-electron chi connectivity index (χ4n) is 3.69. The van der Waals surface area contributed by atoms with E-state index in [1.165, 1.54) is 19.3 Å². The molecule has 0 atom stereocenters. The van der Waals surface area contributed by atoms with Crippen LogP contribution in [0, 0.1) is 5.92 Å². The van der Waals surface area contributed by atoms with Crippen molar-refractivity contribution in [3.05, 3.63) is 54.1 Å². The summed E-state index contributed by atoms with van der Waals surface area (Å²) in [5, 5.41) is 9.08. The van der Waals surface area contributed by atoms with Gasteiger partial charge in [0.25, 0.3) is 5.91 Å². The zero-order chi connectivity index (χ0) is 22.8. The maximum Gasteiger partial charge on any atom is 0.251 e. The molecule has 0 aromatic heterocycles. The van der Waals surface area contributed by atoms with Crippen molar-refractivity contribution in [2.45, 2.75) is 58.4 Å². The number of hydrogen-bond acceptors (Lipinski definition) is 4. The third-order valence-electron chi connectivity index (χ3n) is 5.64. The predicted molar refractivity (Wildman–Crippen MR) is 129 cm³/mol. The number of hydrogen-bond donors (Lipinski definition) is 3. The Morgan fingerprint density at radius 2 is 1.59 bits per heavy atom. The number of carbonyl (C=O) groups excluding carboxylic acids is 2. The highest BCUT2D eigenvalue weighted by Gasteiger charge is 2.16. The molecule has 3 N–H and O–H groups in total. The fraction of sp³-hybridized carbons (Fsp3) is 0.462. The summed E-state index contributed by atoms with van der Waals surface area (Å²) in [6.07, 6.45) is 6.77. The Balaban J connectivity index is 1.40. The first-order chi connectivity index (χ1) is 15.5. The fourth-order valence-corrected chi connectivity index (χ4v) is 3.69. The average Bonchev–Trinajstić information content (AvgIpc) is 2.79. The second kappa shape index (κ2) is 12.1. The van der Waals surface area contributed by atoms with Gasteiger partial charge in [-0.05, 0) is 73.7 Å². The summed E-state index contributed by atoms with van der Waals surface area (Å²) in [4.78, 5) is 24.6. The highest BCUT2D eigenvalue weighted by atomic mass is 16.5. The highest BCUT2D eigenvalue weighted by molar-refractivity contribution is 5.95. The molecule has 0 spiro atoms. The number of nitrogens with one attached hydrogen (secondary N) is 3. The van der Waals surface area contributed by atoms with Gasteiger partial charge in [0.15, 0.2) is 0 Å². The Labute approximate surface area is 191 Å². The van der Waals surface area contributed by atoms with Gasteiger partial charge in [0.2, 0.25) is 5.91 Å². The van der Waals surface area contributed by atoms with Crippen LogP contribution in [0.15, 0.2) is 48.5 Å². The van der Waals surface area contributed by atoms with Crippen LogP contribution >= 0.6 is 0 Å². The van der Waals surface area contributed by atoms with Crippen molar-refractivity contribution in [1.29, 1.82) is 0 Å². The Morgan fingerprint density at radius 3 is 2.25 bits per heavy atom. The van der Waals surface area contributed by atoms with E-state index in [9.17, 15) is 9.59 Å². The monoisotopic (exact) mass is 437 g/mol. The summed E-state index contributed by atoms with van der Waals surface area (Å²) in [6, 6.07) is 14.9.